The lowest BCUT2D eigenvalue weighted by atomic mass is 9.79. The number of aliphatic hydroxyl groups is 1. The van der Waals surface area contributed by atoms with E-state index in [4.69, 9.17) is 0 Å². The molecule has 1 saturated carbocycles. The Balaban J connectivity index is 2.05. The van der Waals surface area contributed by atoms with Crippen LogP contribution in [0.15, 0.2) is 0 Å². The smallest absolute Gasteiger partial charge is 0.0589 e. The van der Waals surface area contributed by atoms with E-state index in [0.717, 1.165) is 11.8 Å². The van der Waals surface area contributed by atoms with Gasteiger partial charge in [-0.15, -0.1) is 0 Å². The van der Waals surface area contributed by atoms with Crippen LogP contribution in [0, 0.1) is 11.8 Å². The second kappa shape index (κ2) is 3.35. The van der Waals surface area contributed by atoms with E-state index in [-0.39, 0.29) is 0 Å². The number of hydrogen-bond donors (Lipinski definition) is 1. The number of likely N-dealkylation sites (N-methyl/N-ethyl adjacent to an activating group) is 1. The van der Waals surface area contributed by atoms with Gasteiger partial charge in [-0.05, 0) is 31.7 Å². The Bertz CT molecular complexity index is 160. The van der Waals surface area contributed by atoms with Gasteiger partial charge in [0.1, 0.15) is 0 Å². The van der Waals surface area contributed by atoms with E-state index in [0.29, 0.717) is 12.6 Å². The first-order chi connectivity index (χ1) is 5.83. The Morgan fingerprint density at radius 1 is 1.33 bits per heavy atom. The summed E-state index contributed by atoms with van der Waals surface area (Å²) in [6.07, 6.45) is 5.53. The first-order valence-corrected chi connectivity index (χ1v) is 5.14. The highest BCUT2D eigenvalue weighted by atomic mass is 16.3. The van der Waals surface area contributed by atoms with Crippen LogP contribution in [0.4, 0.5) is 0 Å². The van der Waals surface area contributed by atoms with E-state index < -0.39 is 0 Å². The van der Waals surface area contributed by atoms with Crippen molar-refractivity contribution in [3.8, 4) is 0 Å². The highest BCUT2D eigenvalue weighted by Crippen LogP contribution is 2.39. The minimum absolute atomic E-state index is 0.359. The molecule has 2 heteroatoms. The maximum atomic E-state index is 9.23. The molecular formula is C10H19NO. The minimum Gasteiger partial charge on any atom is -0.395 e. The predicted molar refractivity (Wildman–Crippen MR) is 49.0 cm³/mol. The van der Waals surface area contributed by atoms with Gasteiger partial charge < -0.3 is 10.0 Å². The average Bonchev–Trinajstić information content (AvgIpc) is 2.40. The lowest BCUT2D eigenvalue weighted by Crippen LogP contribution is -2.33. The zero-order valence-corrected chi connectivity index (χ0v) is 7.87. The number of aliphatic hydroxyl groups excluding tert-OH is 1. The van der Waals surface area contributed by atoms with Crippen molar-refractivity contribution in [3.05, 3.63) is 0 Å². The Kier molecular flexibility index (Phi) is 2.37. The molecule has 2 fully saturated rings. The Hall–Kier alpha value is -0.0800. The molecule has 2 nitrogen and oxygen atoms in total. The van der Waals surface area contributed by atoms with Gasteiger partial charge in [0.05, 0.1) is 6.61 Å². The van der Waals surface area contributed by atoms with Crippen LogP contribution >= 0.6 is 0 Å². The fraction of sp³-hybridized carbons (Fsp3) is 1.00. The topological polar surface area (TPSA) is 23.5 Å². The van der Waals surface area contributed by atoms with E-state index in [9.17, 15) is 5.11 Å². The third kappa shape index (κ3) is 1.27. The molecule has 0 aromatic rings. The second-order valence-corrected chi connectivity index (χ2v) is 4.40. The SMILES string of the molecule is CN1C[C@@H]2CCCC[C@H]2[C@@H]1CO. The van der Waals surface area contributed by atoms with Gasteiger partial charge in [-0.1, -0.05) is 12.8 Å². The molecule has 1 N–H and O–H groups in total. The van der Waals surface area contributed by atoms with Gasteiger partial charge >= 0.3 is 0 Å². The van der Waals surface area contributed by atoms with Crippen molar-refractivity contribution in [2.24, 2.45) is 11.8 Å². The van der Waals surface area contributed by atoms with Gasteiger partial charge in [0.2, 0.25) is 0 Å². The van der Waals surface area contributed by atoms with Crippen molar-refractivity contribution >= 4 is 0 Å². The summed E-state index contributed by atoms with van der Waals surface area (Å²) in [6, 6.07) is 0.468. The first kappa shape index (κ1) is 8.52. The highest BCUT2D eigenvalue weighted by Gasteiger charge is 2.40. The second-order valence-electron chi connectivity index (χ2n) is 4.40. The molecule has 0 unspecified atom stereocenters. The van der Waals surface area contributed by atoms with Gasteiger partial charge in [-0.3, -0.25) is 0 Å². The normalized spacial score (nSPS) is 43.0. The third-order valence-corrected chi connectivity index (χ3v) is 3.74. The van der Waals surface area contributed by atoms with Crippen LogP contribution < -0.4 is 0 Å². The summed E-state index contributed by atoms with van der Waals surface area (Å²) in [5.41, 5.74) is 0. The van der Waals surface area contributed by atoms with E-state index in [1.165, 1.54) is 32.2 Å². The first-order valence-electron chi connectivity index (χ1n) is 5.14. The molecule has 70 valence electrons. The van der Waals surface area contributed by atoms with Crippen LogP contribution in [0.25, 0.3) is 0 Å². The molecule has 12 heavy (non-hydrogen) atoms. The van der Waals surface area contributed by atoms with E-state index >= 15 is 0 Å². The molecule has 1 aliphatic carbocycles. The average molecular weight is 169 g/mol. The molecular weight excluding hydrogens is 150 g/mol. The minimum atomic E-state index is 0.359. The molecule has 3 atom stereocenters. The molecule has 1 saturated heterocycles. The van der Waals surface area contributed by atoms with Crippen LogP contribution in [0.3, 0.4) is 0 Å². The Labute approximate surface area is 74.6 Å². The van der Waals surface area contributed by atoms with Crippen molar-refractivity contribution in [1.82, 2.24) is 4.90 Å². The zero-order valence-electron chi connectivity index (χ0n) is 7.87. The molecule has 2 rings (SSSR count). The summed E-state index contributed by atoms with van der Waals surface area (Å²) < 4.78 is 0. The maximum Gasteiger partial charge on any atom is 0.0589 e. The van der Waals surface area contributed by atoms with Crippen molar-refractivity contribution in [2.75, 3.05) is 20.2 Å². The number of likely N-dealkylation sites (tertiary alicyclic amines) is 1. The fourth-order valence-electron chi connectivity index (χ4n) is 3.08. The summed E-state index contributed by atoms with van der Waals surface area (Å²) in [4.78, 5) is 2.35. The lowest BCUT2D eigenvalue weighted by molar-refractivity contribution is 0.142. The third-order valence-electron chi connectivity index (χ3n) is 3.74. The summed E-state index contributed by atoms with van der Waals surface area (Å²) in [6.45, 7) is 1.58. The number of hydrogen-bond acceptors (Lipinski definition) is 2. The molecule has 2 aliphatic rings. The molecule has 1 heterocycles. The van der Waals surface area contributed by atoms with Crippen molar-refractivity contribution in [3.63, 3.8) is 0 Å². The van der Waals surface area contributed by atoms with Crippen LogP contribution in [-0.2, 0) is 0 Å². The molecule has 0 amide bonds. The molecule has 0 aromatic heterocycles. The Morgan fingerprint density at radius 3 is 2.83 bits per heavy atom. The number of fused-ring (bicyclic) bond motifs is 1. The van der Waals surface area contributed by atoms with Gasteiger partial charge in [-0.25, -0.2) is 0 Å². The zero-order chi connectivity index (χ0) is 8.55. The predicted octanol–water partition coefficient (Wildman–Crippen LogP) is 1.10. The van der Waals surface area contributed by atoms with Crippen molar-refractivity contribution < 1.29 is 5.11 Å². The van der Waals surface area contributed by atoms with Crippen molar-refractivity contribution in [2.45, 2.75) is 31.7 Å². The van der Waals surface area contributed by atoms with Gasteiger partial charge in [0.25, 0.3) is 0 Å². The van der Waals surface area contributed by atoms with E-state index in [1.807, 2.05) is 0 Å². The number of rotatable bonds is 1. The quantitative estimate of drug-likeness (QED) is 0.635. The van der Waals surface area contributed by atoms with Crippen LogP contribution in [0.5, 0.6) is 0 Å². The standard InChI is InChI=1S/C10H19NO/c1-11-6-8-4-2-3-5-9(8)10(11)7-12/h8-10,12H,2-7H2,1H3/t8-,9+,10-/m0/s1. The summed E-state index contributed by atoms with van der Waals surface area (Å²) in [7, 11) is 2.15. The summed E-state index contributed by atoms with van der Waals surface area (Å²) in [5.74, 6) is 1.69. The molecule has 1 aliphatic heterocycles. The lowest BCUT2D eigenvalue weighted by Gasteiger charge is -2.28. The van der Waals surface area contributed by atoms with Crippen LogP contribution in [-0.4, -0.2) is 36.2 Å². The highest BCUT2D eigenvalue weighted by molar-refractivity contribution is 4.92. The molecule has 0 radical (unpaired) electrons. The largest absolute Gasteiger partial charge is 0.395 e. The van der Waals surface area contributed by atoms with E-state index in [2.05, 4.69) is 11.9 Å². The summed E-state index contributed by atoms with van der Waals surface area (Å²) >= 11 is 0. The van der Waals surface area contributed by atoms with E-state index in [1.54, 1.807) is 0 Å². The molecule has 0 bridgehead atoms. The van der Waals surface area contributed by atoms with Crippen LogP contribution in [0.1, 0.15) is 25.7 Å². The fourth-order valence-corrected chi connectivity index (χ4v) is 3.08. The summed E-state index contributed by atoms with van der Waals surface area (Å²) in [5, 5.41) is 9.23. The Morgan fingerprint density at radius 2 is 2.08 bits per heavy atom. The van der Waals surface area contributed by atoms with Gasteiger partial charge in [0, 0.05) is 12.6 Å². The van der Waals surface area contributed by atoms with Crippen LogP contribution in [0.2, 0.25) is 0 Å². The molecule has 0 aromatic carbocycles. The molecule has 0 spiro atoms. The number of nitrogens with zero attached hydrogens (tertiary/aromatic N) is 1. The monoisotopic (exact) mass is 169 g/mol. The maximum absolute atomic E-state index is 9.23. The van der Waals surface area contributed by atoms with Crippen molar-refractivity contribution in [1.29, 1.82) is 0 Å². The van der Waals surface area contributed by atoms with Gasteiger partial charge in [-0.2, -0.15) is 0 Å². The van der Waals surface area contributed by atoms with Gasteiger partial charge in [0.15, 0.2) is 0 Å².